The second-order valence-electron chi connectivity index (χ2n) is 6.31. The lowest BCUT2D eigenvalue weighted by molar-refractivity contribution is -0.911. The minimum atomic E-state index is -0.718. The van der Waals surface area contributed by atoms with Gasteiger partial charge in [0.05, 0.1) is 17.9 Å². The van der Waals surface area contributed by atoms with Crippen molar-refractivity contribution in [1.82, 2.24) is 9.88 Å². The summed E-state index contributed by atoms with van der Waals surface area (Å²) in [5.41, 5.74) is 1.24. The van der Waals surface area contributed by atoms with Gasteiger partial charge in [-0.3, -0.25) is 10.1 Å². The van der Waals surface area contributed by atoms with Crippen LogP contribution < -0.4 is 15.5 Å². The van der Waals surface area contributed by atoms with E-state index in [-0.39, 0.29) is 24.2 Å². The van der Waals surface area contributed by atoms with Crippen LogP contribution in [0, 0.1) is 5.82 Å². The van der Waals surface area contributed by atoms with Gasteiger partial charge in [0.2, 0.25) is 0 Å². The summed E-state index contributed by atoms with van der Waals surface area (Å²) in [6.45, 7) is 1.10. The third-order valence-corrected chi connectivity index (χ3v) is 4.59. The highest BCUT2D eigenvalue weighted by molar-refractivity contribution is 6.01. The van der Waals surface area contributed by atoms with Crippen LogP contribution in [0.2, 0.25) is 0 Å². The number of hydrogen-bond acceptors (Lipinski definition) is 2. The van der Waals surface area contributed by atoms with E-state index >= 15 is 0 Å². The number of rotatable bonds is 4. The van der Waals surface area contributed by atoms with Crippen LogP contribution in [0.5, 0.6) is 0 Å². The molecule has 0 aliphatic carbocycles. The number of nitrogens with one attached hydrogen (secondary N) is 3. The van der Waals surface area contributed by atoms with E-state index in [1.807, 2.05) is 19.3 Å². The minimum Gasteiger partial charge on any atom is -0.350 e. The number of quaternary nitrogens is 1. The lowest BCUT2D eigenvalue weighted by atomic mass is 10.1. The molecule has 3 rings (SSSR count). The van der Waals surface area contributed by atoms with E-state index in [2.05, 4.69) is 21.3 Å². The zero-order chi connectivity index (χ0) is 17.8. The molecule has 1 aliphatic heterocycles. The third kappa shape index (κ3) is 4.06. The molecule has 1 unspecified atom stereocenters. The maximum Gasteiger partial charge on any atom is 0.326 e. The van der Waals surface area contributed by atoms with Crippen LogP contribution in [-0.4, -0.2) is 29.6 Å². The molecule has 2 heterocycles. The summed E-state index contributed by atoms with van der Waals surface area (Å²) < 4.78 is 15.6. The second kappa shape index (κ2) is 7.48. The number of para-hydroxylation sites is 1. The van der Waals surface area contributed by atoms with Crippen LogP contribution in [0.25, 0.3) is 0 Å². The number of anilines is 1. The normalized spacial score (nSPS) is 19.6. The van der Waals surface area contributed by atoms with Gasteiger partial charge in [-0.25, -0.2) is 9.18 Å². The fraction of sp³-hybridized carbons (Fsp3) is 0.333. The van der Waals surface area contributed by atoms with Crippen molar-refractivity contribution in [1.29, 1.82) is 0 Å². The van der Waals surface area contributed by atoms with E-state index < -0.39 is 11.8 Å². The molecule has 6 nitrogen and oxygen atoms in total. The summed E-state index contributed by atoms with van der Waals surface area (Å²) in [6.07, 6.45) is 4.05. The van der Waals surface area contributed by atoms with Crippen LogP contribution in [0.1, 0.15) is 24.6 Å². The molecule has 132 valence electrons. The molecule has 1 aliphatic rings. The highest BCUT2D eigenvalue weighted by Gasteiger charge is 2.33. The molecule has 25 heavy (non-hydrogen) atoms. The van der Waals surface area contributed by atoms with Crippen molar-refractivity contribution in [3.63, 3.8) is 0 Å². The van der Waals surface area contributed by atoms with Gasteiger partial charge in [0, 0.05) is 26.1 Å². The number of nitrogens with zero attached hydrogens (tertiary/aromatic N) is 1. The zero-order valence-electron chi connectivity index (χ0n) is 14.1. The Morgan fingerprint density at radius 3 is 2.80 bits per heavy atom. The minimum absolute atomic E-state index is 0.0445. The van der Waals surface area contributed by atoms with E-state index in [0.29, 0.717) is 0 Å². The van der Waals surface area contributed by atoms with E-state index in [1.54, 1.807) is 6.07 Å². The summed E-state index contributed by atoms with van der Waals surface area (Å²) in [7, 11) is 1.99. The first-order valence-corrected chi connectivity index (χ1v) is 8.36. The average molecular weight is 345 g/mol. The Morgan fingerprint density at radius 2 is 2.08 bits per heavy atom. The number of hydrogen-bond donors (Lipinski definition) is 3. The van der Waals surface area contributed by atoms with Gasteiger partial charge in [-0.15, -0.1) is 0 Å². The standard InChI is InChI=1S/C18H21FN4O2/c1-22-10-4-8-15(22)16-9-5-11-23(16)12-17(24)21-18(25)20-14-7-3-2-6-13(14)19/h2-4,6-8,10,16H,5,9,11-12H2,1H3,(H2,20,21,24,25)/p+1/t16-/m1/s1. The van der Waals surface area contributed by atoms with Crippen molar-refractivity contribution in [3.05, 3.63) is 54.1 Å². The average Bonchev–Trinajstić information content (AvgIpc) is 3.18. The predicted octanol–water partition coefficient (Wildman–Crippen LogP) is 1.23. The predicted molar refractivity (Wildman–Crippen MR) is 91.6 cm³/mol. The van der Waals surface area contributed by atoms with Gasteiger partial charge in [-0.2, -0.15) is 0 Å². The first-order valence-electron chi connectivity index (χ1n) is 8.36. The second-order valence-corrected chi connectivity index (χ2v) is 6.31. The fourth-order valence-electron chi connectivity index (χ4n) is 3.41. The summed E-state index contributed by atoms with van der Waals surface area (Å²) in [6, 6.07) is 9.42. The maximum atomic E-state index is 13.5. The van der Waals surface area contributed by atoms with Crippen molar-refractivity contribution < 1.29 is 18.9 Å². The lowest BCUT2D eigenvalue weighted by Crippen LogP contribution is -3.11. The number of carbonyl (C=O) groups excluding carboxylic acids is 2. The van der Waals surface area contributed by atoms with Crippen LogP contribution in [0.4, 0.5) is 14.9 Å². The number of benzene rings is 1. The Bertz CT molecular complexity index is 774. The Labute approximate surface area is 145 Å². The molecular weight excluding hydrogens is 323 g/mol. The topological polar surface area (TPSA) is 67.6 Å². The van der Waals surface area contributed by atoms with Crippen LogP contribution in [-0.2, 0) is 11.8 Å². The molecule has 0 spiro atoms. The van der Waals surface area contributed by atoms with Gasteiger partial charge in [-0.05, 0) is 24.3 Å². The Hall–Kier alpha value is -2.67. The molecule has 0 radical (unpaired) electrons. The van der Waals surface area contributed by atoms with Crippen molar-refractivity contribution in [2.24, 2.45) is 7.05 Å². The van der Waals surface area contributed by atoms with E-state index in [4.69, 9.17) is 0 Å². The van der Waals surface area contributed by atoms with E-state index in [1.165, 1.54) is 23.9 Å². The quantitative estimate of drug-likeness (QED) is 0.780. The van der Waals surface area contributed by atoms with Gasteiger partial charge in [0.25, 0.3) is 5.91 Å². The van der Waals surface area contributed by atoms with Crippen molar-refractivity contribution in [2.75, 3.05) is 18.4 Å². The molecule has 7 heteroatoms. The molecule has 1 aromatic carbocycles. The van der Waals surface area contributed by atoms with E-state index in [9.17, 15) is 14.0 Å². The van der Waals surface area contributed by atoms with Gasteiger partial charge in [0.15, 0.2) is 6.54 Å². The fourth-order valence-corrected chi connectivity index (χ4v) is 3.41. The Balaban J connectivity index is 1.56. The van der Waals surface area contributed by atoms with Crippen molar-refractivity contribution in [2.45, 2.75) is 18.9 Å². The molecule has 0 saturated carbocycles. The summed E-state index contributed by atoms with van der Waals surface area (Å²) >= 11 is 0. The smallest absolute Gasteiger partial charge is 0.326 e. The number of likely N-dealkylation sites (tertiary alicyclic amines) is 1. The van der Waals surface area contributed by atoms with Crippen molar-refractivity contribution in [3.8, 4) is 0 Å². The largest absolute Gasteiger partial charge is 0.350 e. The number of imide groups is 1. The molecular formula is C18H22FN4O2+. The number of carbonyl (C=O) groups is 2. The molecule has 0 bridgehead atoms. The summed E-state index contributed by atoms with van der Waals surface area (Å²) in [5, 5.41) is 4.63. The number of halogens is 1. The third-order valence-electron chi connectivity index (χ3n) is 4.59. The highest BCUT2D eigenvalue weighted by atomic mass is 19.1. The Kier molecular flexibility index (Phi) is 5.14. The monoisotopic (exact) mass is 345 g/mol. The maximum absolute atomic E-state index is 13.5. The van der Waals surface area contributed by atoms with Gasteiger partial charge < -0.3 is 14.8 Å². The number of urea groups is 1. The van der Waals surface area contributed by atoms with Crippen molar-refractivity contribution >= 4 is 17.6 Å². The van der Waals surface area contributed by atoms with Crippen LogP contribution >= 0.6 is 0 Å². The van der Waals surface area contributed by atoms with Crippen LogP contribution in [0.3, 0.4) is 0 Å². The van der Waals surface area contributed by atoms with Gasteiger partial charge in [-0.1, -0.05) is 12.1 Å². The lowest BCUT2D eigenvalue weighted by Gasteiger charge is -2.21. The molecule has 1 saturated heterocycles. The van der Waals surface area contributed by atoms with Gasteiger partial charge in [0.1, 0.15) is 11.9 Å². The first kappa shape index (κ1) is 17.2. The van der Waals surface area contributed by atoms with Crippen LogP contribution in [0.15, 0.2) is 42.6 Å². The zero-order valence-corrected chi connectivity index (χ0v) is 14.1. The number of aromatic nitrogens is 1. The van der Waals surface area contributed by atoms with Gasteiger partial charge >= 0.3 is 6.03 Å². The summed E-state index contributed by atoms with van der Waals surface area (Å²) in [4.78, 5) is 25.2. The molecule has 1 aromatic heterocycles. The molecule has 1 fully saturated rings. The Morgan fingerprint density at radius 1 is 1.28 bits per heavy atom. The summed E-state index contributed by atoms with van der Waals surface area (Å²) in [5.74, 6) is -0.913. The molecule has 2 aromatic rings. The number of amides is 3. The van der Waals surface area contributed by atoms with E-state index in [0.717, 1.165) is 24.3 Å². The highest BCUT2D eigenvalue weighted by Crippen LogP contribution is 2.18. The molecule has 3 amide bonds. The SMILES string of the molecule is Cn1cccc1[C@H]1CCC[NH+]1CC(=O)NC(=O)Nc1ccccc1F. The molecule has 2 atom stereocenters. The number of aryl methyl sites for hydroxylation is 1. The molecule has 3 N–H and O–H groups in total. The first-order chi connectivity index (χ1) is 12.0.